The molecular weight excluding hydrogens is 317 g/mol. The first-order valence-electron chi connectivity index (χ1n) is 7.05. The van der Waals surface area contributed by atoms with Crippen molar-refractivity contribution in [2.24, 2.45) is 14.1 Å². The number of nitrogens with zero attached hydrogens (tertiary/aromatic N) is 4. The summed E-state index contributed by atoms with van der Waals surface area (Å²) < 4.78 is 17.0. The minimum Gasteiger partial charge on any atom is -0.328 e. The number of hydrogen-bond donors (Lipinski definition) is 1. The first kappa shape index (κ1) is 15.7. The van der Waals surface area contributed by atoms with Crippen LogP contribution in [0.4, 0.5) is 10.1 Å². The number of fused-ring (bicyclic) bond motifs is 1. The van der Waals surface area contributed by atoms with Gasteiger partial charge in [-0.1, -0.05) is 12.1 Å². The summed E-state index contributed by atoms with van der Waals surface area (Å²) in [6.07, 6.45) is 1.41. The average Bonchev–Trinajstić information content (AvgIpc) is 2.94. The fourth-order valence-corrected chi connectivity index (χ4v) is 2.43. The molecule has 0 fully saturated rings. The van der Waals surface area contributed by atoms with Gasteiger partial charge in [-0.3, -0.25) is 14.2 Å². The number of carbonyl (C=O) groups excluding carboxylic acids is 1. The number of anilines is 1. The molecule has 1 aromatic carbocycles. The van der Waals surface area contributed by atoms with Crippen molar-refractivity contribution in [2.75, 3.05) is 5.32 Å². The van der Waals surface area contributed by atoms with E-state index in [2.05, 4.69) is 10.3 Å². The Hall–Kier alpha value is -3.23. The Labute approximate surface area is 134 Å². The molecule has 0 saturated carbocycles. The highest BCUT2D eigenvalue weighted by Crippen LogP contribution is 2.12. The highest BCUT2D eigenvalue weighted by Gasteiger charge is 2.17. The lowest BCUT2D eigenvalue weighted by Gasteiger charge is -2.09. The SMILES string of the molecule is Cn1cnc2c1c(=O)n(CC(=O)Nc1ccccc1F)c(=O)n2C. The van der Waals surface area contributed by atoms with Crippen molar-refractivity contribution in [3.63, 3.8) is 0 Å². The van der Waals surface area contributed by atoms with E-state index < -0.39 is 29.5 Å². The topological polar surface area (TPSA) is 90.9 Å². The lowest BCUT2D eigenvalue weighted by molar-refractivity contribution is -0.116. The number of nitrogens with one attached hydrogen (secondary N) is 1. The minimum absolute atomic E-state index is 0.0195. The van der Waals surface area contributed by atoms with Gasteiger partial charge in [-0.2, -0.15) is 0 Å². The summed E-state index contributed by atoms with van der Waals surface area (Å²) in [5.41, 5.74) is -0.880. The Morgan fingerprint density at radius 1 is 1.25 bits per heavy atom. The van der Waals surface area contributed by atoms with E-state index in [1.54, 1.807) is 13.1 Å². The Kier molecular flexibility index (Phi) is 3.76. The number of aryl methyl sites for hydroxylation is 2. The Bertz CT molecular complexity index is 1060. The van der Waals surface area contributed by atoms with Crippen molar-refractivity contribution >= 4 is 22.8 Å². The predicted octanol–water partition coefficient (Wildman–Crippen LogP) is 0.211. The van der Waals surface area contributed by atoms with Crippen LogP contribution in [0.15, 0.2) is 40.2 Å². The van der Waals surface area contributed by atoms with Gasteiger partial charge in [-0.25, -0.2) is 18.7 Å². The molecule has 0 aliphatic carbocycles. The van der Waals surface area contributed by atoms with Gasteiger partial charge in [0.2, 0.25) is 5.91 Å². The predicted molar refractivity (Wildman–Crippen MR) is 85.2 cm³/mol. The van der Waals surface area contributed by atoms with E-state index in [-0.39, 0.29) is 16.9 Å². The Morgan fingerprint density at radius 3 is 2.67 bits per heavy atom. The second kappa shape index (κ2) is 5.76. The molecule has 24 heavy (non-hydrogen) atoms. The van der Waals surface area contributed by atoms with Crippen LogP contribution in [0.25, 0.3) is 11.2 Å². The van der Waals surface area contributed by atoms with E-state index in [0.717, 1.165) is 4.57 Å². The average molecular weight is 331 g/mol. The molecule has 2 aromatic heterocycles. The largest absolute Gasteiger partial charge is 0.332 e. The van der Waals surface area contributed by atoms with E-state index in [9.17, 15) is 18.8 Å². The molecule has 8 nitrogen and oxygen atoms in total. The van der Waals surface area contributed by atoms with Gasteiger partial charge in [-0.05, 0) is 12.1 Å². The third-order valence-corrected chi connectivity index (χ3v) is 3.65. The molecule has 0 radical (unpaired) electrons. The summed E-state index contributed by atoms with van der Waals surface area (Å²) in [6, 6.07) is 5.63. The van der Waals surface area contributed by atoms with E-state index in [1.165, 1.54) is 40.7 Å². The zero-order valence-electron chi connectivity index (χ0n) is 13.0. The summed E-state index contributed by atoms with van der Waals surface area (Å²) in [4.78, 5) is 40.9. The summed E-state index contributed by atoms with van der Waals surface area (Å²) in [5.74, 6) is -1.28. The van der Waals surface area contributed by atoms with Crippen LogP contribution in [0.2, 0.25) is 0 Å². The summed E-state index contributed by atoms with van der Waals surface area (Å²) in [7, 11) is 3.08. The molecule has 3 rings (SSSR count). The summed E-state index contributed by atoms with van der Waals surface area (Å²) >= 11 is 0. The molecule has 0 saturated heterocycles. The zero-order chi connectivity index (χ0) is 17.4. The van der Waals surface area contributed by atoms with Gasteiger partial charge in [0.25, 0.3) is 5.56 Å². The van der Waals surface area contributed by atoms with Crippen molar-refractivity contribution in [3.05, 3.63) is 57.2 Å². The molecule has 124 valence electrons. The van der Waals surface area contributed by atoms with Crippen LogP contribution < -0.4 is 16.6 Å². The number of amides is 1. The van der Waals surface area contributed by atoms with Crippen molar-refractivity contribution in [1.29, 1.82) is 0 Å². The lowest BCUT2D eigenvalue weighted by atomic mass is 10.3. The zero-order valence-corrected chi connectivity index (χ0v) is 13.0. The van der Waals surface area contributed by atoms with Crippen LogP contribution >= 0.6 is 0 Å². The van der Waals surface area contributed by atoms with Crippen molar-refractivity contribution in [2.45, 2.75) is 6.54 Å². The summed E-state index contributed by atoms with van der Waals surface area (Å²) in [6.45, 7) is -0.527. The maximum atomic E-state index is 13.6. The highest BCUT2D eigenvalue weighted by atomic mass is 19.1. The second-order valence-corrected chi connectivity index (χ2v) is 5.29. The number of benzene rings is 1. The number of hydrogen-bond acceptors (Lipinski definition) is 4. The molecule has 1 amide bonds. The van der Waals surface area contributed by atoms with Gasteiger partial charge in [0, 0.05) is 14.1 Å². The fourth-order valence-electron chi connectivity index (χ4n) is 2.43. The second-order valence-electron chi connectivity index (χ2n) is 5.29. The quantitative estimate of drug-likeness (QED) is 0.743. The molecule has 9 heteroatoms. The molecule has 0 aliphatic rings. The fraction of sp³-hybridized carbons (Fsp3) is 0.200. The van der Waals surface area contributed by atoms with Gasteiger partial charge in [-0.15, -0.1) is 0 Å². The number of carbonyl (C=O) groups is 1. The number of imidazole rings is 1. The molecule has 1 N–H and O–H groups in total. The lowest BCUT2D eigenvalue weighted by Crippen LogP contribution is -2.42. The first-order valence-corrected chi connectivity index (χ1v) is 7.05. The molecule has 3 aromatic rings. The van der Waals surface area contributed by atoms with E-state index in [0.29, 0.717) is 0 Å². The first-order chi connectivity index (χ1) is 11.4. The molecular formula is C15H14FN5O3. The van der Waals surface area contributed by atoms with Crippen LogP contribution in [0.5, 0.6) is 0 Å². The number of aromatic nitrogens is 4. The number of para-hydroxylation sites is 1. The van der Waals surface area contributed by atoms with Gasteiger partial charge in [0.15, 0.2) is 11.2 Å². The molecule has 0 atom stereocenters. The Balaban J connectivity index is 2.00. The van der Waals surface area contributed by atoms with E-state index >= 15 is 0 Å². The van der Waals surface area contributed by atoms with Gasteiger partial charge >= 0.3 is 5.69 Å². The smallest absolute Gasteiger partial charge is 0.328 e. The van der Waals surface area contributed by atoms with Crippen molar-refractivity contribution in [3.8, 4) is 0 Å². The Morgan fingerprint density at radius 2 is 1.96 bits per heavy atom. The van der Waals surface area contributed by atoms with Gasteiger partial charge in [0.05, 0.1) is 12.0 Å². The van der Waals surface area contributed by atoms with Crippen LogP contribution in [-0.2, 0) is 25.4 Å². The van der Waals surface area contributed by atoms with Crippen LogP contribution in [0, 0.1) is 5.82 Å². The highest BCUT2D eigenvalue weighted by molar-refractivity contribution is 5.90. The van der Waals surface area contributed by atoms with Gasteiger partial charge < -0.3 is 9.88 Å². The maximum Gasteiger partial charge on any atom is 0.332 e. The maximum absolute atomic E-state index is 13.6. The third-order valence-electron chi connectivity index (χ3n) is 3.65. The molecule has 0 bridgehead atoms. The molecule has 0 aliphatic heterocycles. The van der Waals surface area contributed by atoms with Crippen molar-refractivity contribution in [1.82, 2.24) is 18.7 Å². The molecule has 0 unspecified atom stereocenters. The molecule has 0 spiro atoms. The number of rotatable bonds is 3. The summed E-state index contributed by atoms with van der Waals surface area (Å²) in [5, 5.41) is 2.34. The van der Waals surface area contributed by atoms with E-state index in [1.807, 2.05) is 0 Å². The standard InChI is InChI=1S/C15H14FN5O3/c1-19-8-17-13-12(19)14(23)21(15(24)20(13)2)7-11(22)18-10-6-4-3-5-9(10)16/h3-6,8H,7H2,1-2H3,(H,18,22). The monoisotopic (exact) mass is 331 g/mol. The van der Waals surface area contributed by atoms with Crippen LogP contribution in [0.1, 0.15) is 0 Å². The van der Waals surface area contributed by atoms with E-state index in [4.69, 9.17) is 0 Å². The van der Waals surface area contributed by atoms with Crippen LogP contribution in [0.3, 0.4) is 0 Å². The molecule has 2 heterocycles. The van der Waals surface area contributed by atoms with Crippen molar-refractivity contribution < 1.29 is 9.18 Å². The third kappa shape index (κ3) is 2.49. The normalized spacial score (nSPS) is 11.0. The minimum atomic E-state index is -0.680. The number of halogens is 1. The van der Waals surface area contributed by atoms with Crippen LogP contribution in [-0.4, -0.2) is 24.6 Å². The van der Waals surface area contributed by atoms with Gasteiger partial charge in [0.1, 0.15) is 12.4 Å².